The summed E-state index contributed by atoms with van der Waals surface area (Å²) in [6.45, 7) is 22.9. The Bertz CT molecular complexity index is 5230. The number of aryl methyl sites for hydroxylation is 1. The van der Waals surface area contributed by atoms with E-state index in [9.17, 15) is 14.4 Å². The monoisotopic (exact) mass is 1430 g/mol. The highest BCUT2D eigenvalue weighted by Crippen LogP contribution is 2.36. The maximum Gasteiger partial charge on any atom is 0.247 e. The highest BCUT2D eigenvalue weighted by Gasteiger charge is 2.22. The van der Waals surface area contributed by atoms with Crippen molar-refractivity contribution in [2.75, 3.05) is 121 Å². The largest absolute Gasteiger partial charge is 0.371 e. The van der Waals surface area contributed by atoms with E-state index in [2.05, 4.69) is 173 Å². The number of amides is 3. The van der Waals surface area contributed by atoms with E-state index in [1.54, 1.807) is 61.1 Å². The van der Waals surface area contributed by atoms with E-state index in [0.717, 1.165) is 135 Å². The SMILES string of the molecule is C=CC(=O)Nc1ccnc(-c2c(CC)ccc3cnc(Nc4ccc(C5CNCCO5)cc4)nc23)c1.C=CC(=O)Nc1ccnc(-c2c(F)ccc3cnc(Nc4ccc(N5CCN(C)CC5)cc4)nc23)c1.C=CC(=O)Nc1ccnc(-c2c(F)ccc3cnc(Nc4ccc(N5CCNCC5)cc4)nc23)c1. The lowest BCUT2D eigenvalue weighted by Crippen LogP contribution is -2.44. The minimum atomic E-state index is -0.470. The van der Waals surface area contributed by atoms with E-state index in [1.165, 1.54) is 48.4 Å². The number of carbonyl (C=O) groups is 3. The van der Waals surface area contributed by atoms with E-state index in [0.29, 0.717) is 68.1 Å². The molecule has 3 saturated heterocycles. The molecule has 8 N–H and O–H groups in total. The molecule has 107 heavy (non-hydrogen) atoms. The van der Waals surface area contributed by atoms with Gasteiger partial charge in [0.15, 0.2) is 0 Å². The quantitative estimate of drug-likeness (QED) is 0.0349. The molecule has 0 radical (unpaired) electrons. The van der Waals surface area contributed by atoms with Crippen molar-refractivity contribution in [3.63, 3.8) is 0 Å². The molecule has 6 aromatic heterocycles. The Kier molecular flexibility index (Phi) is 23.1. The molecular formula is C81H78F2N20O4. The van der Waals surface area contributed by atoms with E-state index < -0.39 is 11.6 Å². The third-order valence-electron chi connectivity index (χ3n) is 18.1. The number of rotatable bonds is 19. The van der Waals surface area contributed by atoms with Gasteiger partial charge in [-0.15, -0.1) is 0 Å². The molecule has 0 bridgehead atoms. The average molecular weight is 1430 g/mol. The van der Waals surface area contributed by atoms with Crippen LogP contribution in [0, 0.1) is 11.6 Å². The number of morpholine rings is 1. The molecule has 1 unspecified atom stereocenters. The van der Waals surface area contributed by atoms with Crippen LogP contribution in [0.2, 0.25) is 0 Å². The number of pyridine rings is 3. The van der Waals surface area contributed by atoms with Crippen molar-refractivity contribution in [1.29, 1.82) is 0 Å². The van der Waals surface area contributed by atoms with Crippen LogP contribution in [0.15, 0.2) is 221 Å². The predicted molar refractivity (Wildman–Crippen MR) is 420 cm³/mol. The Morgan fingerprint density at radius 3 is 1.29 bits per heavy atom. The van der Waals surface area contributed by atoms with Gasteiger partial charge in [0.25, 0.3) is 0 Å². The molecule has 6 aromatic carbocycles. The van der Waals surface area contributed by atoms with Gasteiger partial charge in [-0.05, 0) is 164 Å². The van der Waals surface area contributed by atoms with Crippen LogP contribution in [0.25, 0.3) is 66.5 Å². The first-order valence-electron chi connectivity index (χ1n) is 35.0. The van der Waals surface area contributed by atoms with Gasteiger partial charge in [0.05, 0.1) is 57.5 Å². The third kappa shape index (κ3) is 18.0. The average Bonchev–Trinajstić information content (AvgIpc) is 0.789. The summed E-state index contributed by atoms with van der Waals surface area (Å²) in [5.74, 6) is -0.752. The van der Waals surface area contributed by atoms with Gasteiger partial charge < -0.3 is 62.0 Å². The molecule has 0 spiro atoms. The number of nitrogens with one attached hydrogen (secondary N) is 8. The van der Waals surface area contributed by atoms with Gasteiger partial charge in [0, 0.05) is 170 Å². The molecule has 3 amide bonds. The molecule has 9 heterocycles. The fourth-order valence-electron chi connectivity index (χ4n) is 12.5. The number of halogens is 2. The summed E-state index contributed by atoms with van der Waals surface area (Å²) < 4.78 is 35.9. The lowest BCUT2D eigenvalue weighted by atomic mass is 9.98. The normalized spacial score (nSPS) is 14.3. The number of piperazine rings is 2. The topological polar surface area (TPSA) is 282 Å². The first-order chi connectivity index (χ1) is 52.2. The van der Waals surface area contributed by atoms with Gasteiger partial charge in [-0.25, -0.2) is 38.7 Å². The van der Waals surface area contributed by atoms with Gasteiger partial charge in [0.2, 0.25) is 35.6 Å². The van der Waals surface area contributed by atoms with E-state index >= 15 is 8.78 Å². The summed E-state index contributed by atoms with van der Waals surface area (Å²) >= 11 is 0. The second kappa shape index (κ2) is 34.1. The number of anilines is 11. The second-order valence-corrected chi connectivity index (χ2v) is 25.2. The van der Waals surface area contributed by atoms with E-state index in [1.807, 2.05) is 54.7 Å². The first-order valence-corrected chi connectivity index (χ1v) is 35.0. The zero-order valence-corrected chi connectivity index (χ0v) is 59.0. The molecule has 1 atom stereocenters. The minimum absolute atomic E-state index is 0.0688. The number of carbonyl (C=O) groups excluding carboxylic acids is 3. The number of hydrogen-bond donors (Lipinski definition) is 8. The Balaban J connectivity index is 0.000000142. The molecule has 0 saturated carbocycles. The molecule has 3 fully saturated rings. The molecule has 26 heteroatoms. The molecule has 3 aliphatic rings. The van der Waals surface area contributed by atoms with Crippen LogP contribution in [0.1, 0.15) is 24.2 Å². The van der Waals surface area contributed by atoms with Crippen molar-refractivity contribution in [1.82, 2.24) is 60.4 Å². The molecule has 12 aromatic rings. The smallest absolute Gasteiger partial charge is 0.247 e. The summed E-state index contributed by atoms with van der Waals surface area (Å²) in [5.41, 5.74) is 13.2. The third-order valence-corrected chi connectivity index (χ3v) is 18.1. The first kappa shape index (κ1) is 72.5. The summed E-state index contributed by atoms with van der Waals surface area (Å²) in [7, 11) is 2.14. The number of aromatic nitrogens is 9. The summed E-state index contributed by atoms with van der Waals surface area (Å²) in [6, 6.07) is 44.5. The Morgan fingerprint density at radius 2 is 0.879 bits per heavy atom. The molecule has 15 rings (SSSR count). The van der Waals surface area contributed by atoms with Crippen molar-refractivity contribution in [3.05, 3.63) is 244 Å². The Morgan fingerprint density at radius 1 is 0.477 bits per heavy atom. The van der Waals surface area contributed by atoms with Crippen molar-refractivity contribution in [3.8, 4) is 33.8 Å². The maximum atomic E-state index is 15.0. The number of benzene rings is 6. The zero-order valence-electron chi connectivity index (χ0n) is 59.0. The van der Waals surface area contributed by atoms with Crippen LogP contribution in [0.5, 0.6) is 0 Å². The number of likely N-dealkylation sites (N-methyl/N-ethyl adjacent to an activating group) is 1. The van der Waals surface area contributed by atoms with Crippen LogP contribution in [-0.2, 0) is 25.5 Å². The fourth-order valence-corrected chi connectivity index (χ4v) is 12.5. The molecule has 0 aliphatic carbocycles. The van der Waals surface area contributed by atoms with E-state index in [-0.39, 0.29) is 35.0 Å². The number of fused-ring (bicyclic) bond motifs is 3. The minimum Gasteiger partial charge on any atom is -0.371 e. The number of nitrogens with zero attached hydrogens (tertiary/aromatic N) is 12. The fraction of sp³-hybridized carbons (Fsp3) is 0.185. The van der Waals surface area contributed by atoms with Gasteiger partial charge in [-0.1, -0.05) is 50.9 Å². The molecule has 540 valence electrons. The standard InChI is InChI=1S/C28H28N6O2.C27H26FN7O.C26H24FN7O/c1-3-18-5-6-20-16-31-28(33-21-9-7-19(8-10-21)24-17-29-13-14-36-24)34-27(20)26(18)23-15-22(11-12-30-23)32-25(35)4-2;1-3-24(36)31-20-10-11-29-23(16-20)25-22(28)9-4-18-17-30-27(33-26(18)25)32-19-5-7-21(8-6-19)35-14-12-34(2)13-15-35;1-2-23(35)31-19-9-10-29-22(15-19)24-21(27)8-3-17-16-30-26(33-25(17)24)32-18-4-6-20(7-5-18)34-13-11-28-12-14-34/h4-12,15-16,24,29H,2-3,13-14,17H2,1H3,(H,30,32,35)(H,31,33,34);3-11,16-17H,1,12-15H2,2H3,(H,29,31,36)(H,30,32,33);2-10,15-16,28H,1,11-14H2,(H,29,31,35)(H,30,32,33). The van der Waals surface area contributed by atoms with Crippen LogP contribution in [-0.4, -0.2) is 147 Å². The highest BCUT2D eigenvalue weighted by molar-refractivity contribution is 6.02. The lowest BCUT2D eigenvalue weighted by molar-refractivity contribution is -0.112. The van der Waals surface area contributed by atoms with Gasteiger partial charge >= 0.3 is 0 Å². The number of hydrogen-bond acceptors (Lipinski definition) is 21. The summed E-state index contributed by atoms with van der Waals surface area (Å²) in [6.07, 6.45) is 14.3. The van der Waals surface area contributed by atoms with E-state index in [4.69, 9.17) is 9.72 Å². The van der Waals surface area contributed by atoms with Crippen LogP contribution in [0.3, 0.4) is 0 Å². The Labute approximate surface area is 616 Å². The van der Waals surface area contributed by atoms with Crippen molar-refractivity contribution >= 4 is 114 Å². The predicted octanol–water partition coefficient (Wildman–Crippen LogP) is 13.3. The zero-order chi connectivity index (χ0) is 74.2. The van der Waals surface area contributed by atoms with Crippen molar-refractivity contribution < 1.29 is 27.9 Å². The highest BCUT2D eigenvalue weighted by atomic mass is 19.1. The number of ether oxygens (including phenoxy) is 1. The van der Waals surface area contributed by atoms with Crippen LogP contribution in [0.4, 0.5) is 72.1 Å². The van der Waals surface area contributed by atoms with Gasteiger partial charge in [0.1, 0.15) is 11.6 Å². The lowest BCUT2D eigenvalue weighted by Gasteiger charge is -2.34. The maximum absolute atomic E-state index is 15.0. The second-order valence-electron chi connectivity index (χ2n) is 25.2. The van der Waals surface area contributed by atoms with Crippen molar-refractivity contribution in [2.24, 2.45) is 0 Å². The van der Waals surface area contributed by atoms with Crippen LogP contribution < -0.4 is 52.3 Å². The Hall–Kier alpha value is -12.9. The summed E-state index contributed by atoms with van der Waals surface area (Å²) in [5, 5.41) is 26.9. The van der Waals surface area contributed by atoms with Gasteiger partial charge in [-0.2, -0.15) is 0 Å². The van der Waals surface area contributed by atoms with Crippen LogP contribution >= 0.6 is 0 Å². The molecule has 24 nitrogen and oxygen atoms in total. The molecular weight excluding hydrogens is 1360 g/mol. The summed E-state index contributed by atoms with van der Waals surface area (Å²) in [4.78, 5) is 82.8. The van der Waals surface area contributed by atoms with Crippen molar-refractivity contribution in [2.45, 2.75) is 19.4 Å². The van der Waals surface area contributed by atoms with Gasteiger partial charge in [-0.3, -0.25) is 29.3 Å². The molecule has 3 aliphatic heterocycles.